The van der Waals surface area contributed by atoms with Crippen molar-refractivity contribution in [1.82, 2.24) is 20.5 Å². The fourth-order valence-electron chi connectivity index (χ4n) is 5.63. The van der Waals surface area contributed by atoms with E-state index < -0.39 is 11.9 Å². The number of hydrogen-bond donors (Lipinski definition) is 2. The Balaban J connectivity index is 1.29. The molecule has 1 aromatic heterocycles. The first-order valence-corrected chi connectivity index (χ1v) is 13.0. The van der Waals surface area contributed by atoms with Crippen LogP contribution in [-0.2, 0) is 19.0 Å². The average molecular weight is 525 g/mol. The number of aromatic nitrogens is 1. The molecule has 0 saturated carbocycles. The summed E-state index contributed by atoms with van der Waals surface area (Å²) < 4.78 is 39.6. The van der Waals surface area contributed by atoms with E-state index in [1.165, 1.54) is 28.3 Å². The lowest BCUT2D eigenvalue weighted by molar-refractivity contribution is -0.141. The average Bonchev–Trinajstić information content (AvgIpc) is 3.46. The number of nitrogens with zero attached hydrogens (tertiary/aromatic N) is 2. The minimum absolute atomic E-state index is 0.259. The molecular formula is C26H29Cl2F3N4. The zero-order chi connectivity index (χ0) is 24.6. The van der Waals surface area contributed by atoms with Gasteiger partial charge in [-0.3, -0.25) is 4.90 Å². The standard InChI is InChI=1S/C26H29Cl2F3N4/c27-17-4-3-16-12-22-20(21(16)13-17)8-11-35(24(22)15-33-19-7-9-32-14-19)10-1-2-18-5-6-23(28)25(34-18)26(29,30)31/h3-6,13,19,24,32-33H,1-2,7-12,14-15H2. The van der Waals surface area contributed by atoms with Crippen LogP contribution in [0, 0.1) is 0 Å². The number of benzene rings is 1. The van der Waals surface area contributed by atoms with Crippen LogP contribution < -0.4 is 10.6 Å². The summed E-state index contributed by atoms with van der Waals surface area (Å²) in [6, 6.07) is 9.81. The molecule has 0 amide bonds. The molecular weight excluding hydrogens is 496 g/mol. The number of aryl methyl sites for hydroxylation is 1. The van der Waals surface area contributed by atoms with Gasteiger partial charge in [-0.15, -0.1) is 0 Å². The molecule has 188 valence electrons. The summed E-state index contributed by atoms with van der Waals surface area (Å²) in [5.74, 6) is 0. The molecule has 1 saturated heterocycles. The van der Waals surface area contributed by atoms with Crippen molar-refractivity contribution in [3.63, 3.8) is 0 Å². The Morgan fingerprint density at radius 2 is 2.03 bits per heavy atom. The third-order valence-electron chi connectivity index (χ3n) is 7.37. The van der Waals surface area contributed by atoms with E-state index in [4.69, 9.17) is 23.2 Å². The van der Waals surface area contributed by atoms with Gasteiger partial charge in [0.2, 0.25) is 0 Å². The van der Waals surface area contributed by atoms with Gasteiger partial charge in [0.1, 0.15) is 0 Å². The van der Waals surface area contributed by atoms with Crippen LogP contribution in [0.25, 0.3) is 5.57 Å². The van der Waals surface area contributed by atoms with E-state index in [1.807, 2.05) is 6.07 Å². The summed E-state index contributed by atoms with van der Waals surface area (Å²) in [5.41, 5.74) is 4.91. The first kappa shape index (κ1) is 25.0. The monoisotopic (exact) mass is 524 g/mol. The Labute approximate surface area is 213 Å². The van der Waals surface area contributed by atoms with Crippen molar-refractivity contribution in [3.8, 4) is 0 Å². The third kappa shape index (κ3) is 5.54. The fourth-order valence-corrected chi connectivity index (χ4v) is 6.01. The smallest absolute Gasteiger partial charge is 0.315 e. The molecule has 0 spiro atoms. The number of pyridine rings is 1. The first-order valence-electron chi connectivity index (χ1n) is 12.2. The second-order valence-corrected chi connectivity index (χ2v) is 10.5. The van der Waals surface area contributed by atoms with Crippen molar-refractivity contribution in [2.45, 2.75) is 50.4 Å². The van der Waals surface area contributed by atoms with Crippen molar-refractivity contribution in [1.29, 1.82) is 0 Å². The van der Waals surface area contributed by atoms with E-state index in [1.54, 1.807) is 6.07 Å². The molecule has 2 N–H and O–H groups in total. The second-order valence-electron chi connectivity index (χ2n) is 9.62. The summed E-state index contributed by atoms with van der Waals surface area (Å²) in [6.07, 6.45) is -0.323. The van der Waals surface area contributed by atoms with Gasteiger partial charge in [0.15, 0.2) is 5.69 Å². The van der Waals surface area contributed by atoms with Crippen LogP contribution in [0.4, 0.5) is 13.2 Å². The zero-order valence-electron chi connectivity index (χ0n) is 19.4. The van der Waals surface area contributed by atoms with Gasteiger partial charge in [0.05, 0.1) is 5.02 Å². The summed E-state index contributed by atoms with van der Waals surface area (Å²) in [5, 5.41) is 7.57. The highest BCUT2D eigenvalue weighted by atomic mass is 35.5. The molecule has 1 fully saturated rings. The van der Waals surface area contributed by atoms with Crippen molar-refractivity contribution in [3.05, 3.63) is 68.5 Å². The van der Waals surface area contributed by atoms with E-state index >= 15 is 0 Å². The molecule has 2 atom stereocenters. The molecule has 1 aliphatic carbocycles. The minimum Gasteiger partial charge on any atom is -0.315 e. The van der Waals surface area contributed by atoms with Gasteiger partial charge in [0.25, 0.3) is 0 Å². The molecule has 0 radical (unpaired) electrons. The Morgan fingerprint density at radius 1 is 1.17 bits per heavy atom. The van der Waals surface area contributed by atoms with Crippen LogP contribution in [0.1, 0.15) is 41.8 Å². The number of nitrogens with one attached hydrogen (secondary N) is 2. The van der Waals surface area contributed by atoms with E-state index in [0.29, 0.717) is 18.2 Å². The molecule has 35 heavy (non-hydrogen) atoms. The molecule has 3 heterocycles. The van der Waals surface area contributed by atoms with Crippen molar-refractivity contribution >= 4 is 28.8 Å². The molecule has 2 unspecified atom stereocenters. The number of alkyl halides is 3. The molecule has 3 aliphatic rings. The summed E-state index contributed by atoms with van der Waals surface area (Å²) in [4.78, 5) is 6.29. The quantitative estimate of drug-likeness (QED) is 0.510. The molecule has 1 aromatic carbocycles. The lowest BCUT2D eigenvalue weighted by Crippen LogP contribution is -2.49. The minimum atomic E-state index is -4.55. The highest BCUT2D eigenvalue weighted by Gasteiger charge is 2.36. The van der Waals surface area contributed by atoms with Gasteiger partial charge < -0.3 is 10.6 Å². The Morgan fingerprint density at radius 3 is 2.80 bits per heavy atom. The molecule has 2 aromatic rings. The van der Waals surface area contributed by atoms with Gasteiger partial charge in [-0.1, -0.05) is 29.3 Å². The van der Waals surface area contributed by atoms with E-state index in [9.17, 15) is 13.2 Å². The topological polar surface area (TPSA) is 40.2 Å². The first-order chi connectivity index (χ1) is 16.8. The predicted octanol–water partition coefficient (Wildman–Crippen LogP) is 5.38. The molecule has 9 heteroatoms. The van der Waals surface area contributed by atoms with Crippen LogP contribution in [0.3, 0.4) is 0 Å². The largest absolute Gasteiger partial charge is 0.434 e. The zero-order valence-corrected chi connectivity index (χ0v) is 20.9. The van der Waals surface area contributed by atoms with Gasteiger partial charge in [-0.05, 0) is 91.7 Å². The Bertz CT molecular complexity index is 1110. The fraction of sp³-hybridized carbons (Fsp3) is 0.500. The van der Waals surface area contributed by atoms with E-state index in [2.05, 4.69) is 32.7 Å². The molecule has 4 nitrogen and oxygen atoms in total. The van der Waals surface area contributed by atoms with Crippen LogP contribution in [0.5, 0.6) is 0 Å². The van der Waals surface area contributed by atoms with Crippen LogP contribution in [0.2, 0.25) is 10.0 Å². The lowest BCUT2D eigenvalue weighted by Gasteiger charge is -2.38. The van der Waals surface area contributed by atoms with Crippen LogP contribution in [-0.4, -0.2) is 54.7 Å². The maximum atomic E-state index is 13.2. The molecule has 5 rings (SSSR count). The maximum absolute atomic E-state index is 13.2. The maximum Gasteiger partial charge on any atom is 0.434 e. The van der Waals surface area contributed by atoms with Crippen molar-refractivity contribution in [2.24, 2.45) is 0 Å². The lowest BCUT2D eigenvalue weighted by atomic mass is 9.92. The highest BCUT2D eigenvalue weighted by Crippen LogP contribution is 2.42. The van der Waals surface area contributed by atoms with Crippen LogP contribution >= 0.6 is 23.2 Å². The summed E-state index contributed by atoms with van der Waals surface area (Å²) >= 11 is 12.0. The van der Waals surface area contributed by atoms with Crippen molar-refractivity contribution in [2.75, 3.05) is 32.7 Å². The molecule has 2 aliphatic heterocycles. The summed E-state index contributed by atoms with van der Waals surface area (Å²) in [6.45, 7) is 4.61. The highest BCUT2D eigenvalue weighted by molar-refractivity contribution is 6.31. The van der Waals surface area contributed by atoms with E-state index in [-0.39, 0.29) is 11.1 Å². The predicted molar refractivity (Wildman–Crippen MR) is 134 cm³/mol. The van der Waals surface area contributed by atoms with Crippen LogP contribution in [0.15, 0.2) is 35.9 Å². The second kappa shape index (κ2) is 10.4. The number of fused-ring (bicyclic) bond motifs is 2. The number of rotatable bonds is 7. The number of halogens is 5. The van der Waals surface area contributed by atoms with Gasteiger partial charge in [-0.25, -0.2) is 4.98 Å². The number of hydrogen-bond acceptors (Lipinski definition) is 4. The van der Waals surface area contributed by atoms with Crippen molar-refractivity contribution < 1.29 is 13.2 Å². The summed E-state index contributed by atoms with van der Waals surface area (Å²) in [7, 11) is 0. The van der Waals surface area contributed by atoms with E-state index in [0.717, 1.165) is 63.4 Å². The SMILES string of the molecule is FC(F)(F)c1nc(CCCN2CCC3=C(Cc4ccc(Cl)cc43)C2CNC2CCNC2)ccc1Cl. The van der Waals surface area contributed by atoms with Gasteiger partial charge >= 0.3 is 6.18 Å². The third-order valence-corrected chi connectivity index (χ3v) is 7.91. The Kier molecular flexibility index (Phi) is 7.43. The van der Waals surface area contributed by atoms with Gasteiger partial charge in [0, 0.05) is 42.4 Å². The Hall–Kier alpha value is -1.64. The molecule has 0 bridgehead atoms. The normalized spacial score (nSPS) is 22.5. The van der Waals surface area contributed by atoms with Gasteiger partial charge in [-0.2, -0.15) is 13.2 Å².